The largest absolute Gasteiger partial charge is 0.548 e. The summed E-state index contributed by atoms with van der Waals surface area (Å²) in [7, 11) is -3.96. The topological polar surface area (TPSA) is 98.7 Å². The van der Waals surface area contributed by atoms with Gasteiger partial charge < -0.3 is 9.90 Å². The Bertz CT molecular complexity index is 1130. The molecular formula is C23H21N2O4S-. The highest BCUT2D eigenvalue weighted by atomic mass is 32.2. The van der Waals surface area contributed by atoms with E-state index in [0.29, 0.717) is 5.56 Å². The van der Waals surface area contributed by atoms with Gasteiger partial charge in [0.1, 0.15) is 5.84 Å². The molecule has 0 saturated carbocycles. The molecule has 0 aliphatic rings. The van der Waals surface area contributed by atoms with E-state index in [2.05, 4.69) is 9.71 Å². The fraction of sp³-hybridized carbons (Fsp3) is 0.130. The first-order chi connectivity index (χ1) is 14.3. The predicted molar refractivity (Wildman–Crippen MR) is 113 cm³/mol. The van der Waals surface area contributed by atoms with Gasteiger partial charge in [-0.2, -0.15) is 0 Å². The summed E-state index contributed by atoms with van der Waals surface area (Å²) in [5, 5.41) is 11.7. The Balaban J connectivity index is 1.99. The highest BCUT2D eigenvalue weighted by molar-refractivity contribution is 7.90. The summed E-state index contributed by atoms with van der Waals surface area (Å²) in [6.45, 7) is 1.86. The van der Waals surface area contributed by atoms with E-state index < -0.39 is 22.0 Å². The fourth-order valence-corrected chi connectivity index (χ4v) is 3.87. The minimum atomic E-state index is -3.96. The van der Waals surface area contributed by atoms with Crippen LogP contribution in [0.5, 0.6) is 0 Å². The van der Waals surface area contributed by atoms with Crippen LogP contribution in [0.25, 0.3) is 0 Å². The van der Waals surface area contributed by atoms with E-state index in [-0.39, 0.29) is 17.2 Å². The van der Waals surface area contributed by atoms with Crippen LogP contribution in [-0.2, 0) is 21.2 Å². The molecule has 0 heterocycles. The smallest absolute Gasteiger partial charge is 0.263 e. The van der Waals surface area contributed by atoms with Crippen molar-refractivity contribution in [1.29, 1.82) is 0 Å². The highest BCUT2D eigenvalue weighted by Gasteiger charge is 2.19. The maximum Gasteiger partial charge on any atom is 0.263 e. The summed E-state index contributed by atoms with van der Waals surface area (Å²) < 4.78 is 28.2. The van der Waals surface area contributed by atoms with Crippen LogP contribution in [0.1, 0.15) is 16.7 Å². The number of nitrogens with zero attached hydrogens (tertiary/aromatic N) is 1. The van der Waals surface area contributed by atoms with Gasteiger partial charge in [-0.1, -0.05) is 78.4 Å². The average molecular weight is 421 g/mol. The number of carbonyl (C=O) groups excluding carboxylic acids is 1. The minimum Gasteiger partial charge on any atom is -0.548 e. The van der Waals surface area contributed by atoms with Crippen molar-refractivity contribution in [3.63, 3.8) is 0 Å². The number of carboxylic acids is 1. The molecule has 0 fully saturated rings. The lowest BCUT2D eigenvalue weighted by Crippen LogP contribution is -2.39. The number of sulfonamides is 1. The van der Waals surface area contributed by atoms with E-state index in [1.807, 2.05) is 13.0 Å². The van der Waals surface area contributed by atoms with Crippen LogP contribution in [0.3, 0.4) is 0 Å². The van der Waals surface area contributed by atoms with E-state index in [4.69, 9.17) is 0 Å². The standard InChI is InChI=1S/C23H22N2O4S/c1-17-12-14-20(15-13-17)30(28,29)25-22(19-10-6-3-7-11-19)24-21(23(26)27)16-18-8-4-2-5-9-18/h2-15,21H,16H2,1H3,(H,24,25)(H,26,27)/p-1. The molecular weight excluding hydrogens is 400 g/mol. The third-order valence-electron chi connectivity index (χ3n) is 4.44. The van der Waals surface area contributed by atoms with Crippen molar-refractivity contribution in [3.05, 3.63) is 102 Å². The number of amidine groups is 1. The molecule has 0 aliphatic carbocycles. The van der Waals surface area contributed by atoms with Crippen molar-refractivity contribution in [3.8, 4) is 0 Å². The second kappa shape index (κ2) is 9.37. The third-order valence-corrected chi connectivity index (χ3v) is 5.79. The van der Waals surface area contributed by atoms with Gasteiger partial charge in [-0.05, 0) is 24.6 Å². The van der Waals surface area contributed by atoms with Crippen LogP contribution in [0.15, 0.2) is 94.8 Å². The second-order valence-electron chi connectivity index (χ2n) is 6.79. The molecule has 154 valence electrons. The van der Waals surface area contributed by atoms with Gasteiger partial charge in [0.25, 0.3) is 10.0 Å². The lowest BCUT2D eigenvalue weighted by molar-refractivity contribution is -0.307. The number of aliphatic carboxylic acids is 1. The maximum atomic E-state index is 12.9. The molecule has 0 aliphatic heterocycles. The molecule has 0 spiro atoms. The van der Waals surface area contributed by atoms with E-state index in [1.165, 1.54) is 12.1 Å². The summed E-state index contributed by atoms with van der Waals surface area (Å²) in [5.74, 6) is -1.44. The number of rotatable bonds is 7. The van der Waals surface area contributed by atoms with E-state index in [1.54, 1.807) is 66.7 Å². The normalized spacial score (nSPS) is 12.9. The molecule has 1 atom stereocenters. The minimum absolute atomic E-state index is 0.0543. The zero-order valence-corrected chi connectivity index (χ0v) is 17.2. The monoisotopic (exact) mass is 421 g/mol. The van der Waals surface area contributed by atoms with E-state index in [9.17, 15) is 18.3 Å². The number of hydrogen-bond donors (Lipinski definition) is 1. The first-order valence-electron chi connectivity index (χ1n) is 9.32. The predicted octanol–water partition coefficient (Wildman–Crippen LogP) is 2.08. The van der Waals surface area contributed by atoms with Crippen molar-refractivity contribution < 1.29 is 18.3 Å². The molecule has 3 aromatic rings. The van der Waals surface area contributed by atoms with Gasteiger partial charge in [-0.25, -0.2) is 8.42 Å². The van der Waals surface area contributed by atoms with Gasteiger partial charge in [-0.15, -0.1) is 0 Å². The summed E-state index contributed by atoms with van der Waals surface area (Å²) in [6, 6.07) is 22.6. The van der Waals surface area contributed by atoms with Crippen LogP contribution in [0.4, 0.5) is 0 Å². The van der Waals surface area contributed by atoms with Crippen molar-refractivity contribution in [2.24, 2.45) is 4.99 Å². The van der Waals surface area contributed by atoms with Crippen molar-refractivity contribution in [1.82, 2.24) is 4.72 Å². The molecule has 0 bridgehead atoms. The Labute approximate surface area is 176 Å². The van der Waals surface area contributed by atoms with Crippen LogP contribution in [0, 0.1) is 6.92 Å². The molecule has 7 heteroatoms. The van der Waals surface area contributed by atoms with E-state index >= 15 is 0 Å². The SMILES string of the molecule is Cc1ccc(S(=O)(=O)NC(=NC(Cc2ccccc2)C(=O)[O-])c2ccccc2)cc1. The lowest BCUT2D eigenvalue weighted by Gasteiger charge is -2.18. The van der Waals surface area contributed by atoms with Crippen LogP contribution >= 0.6 is 0 Å². The van der Waals surface area contributed by atoms with E-state index in [0.717, 1.165) is 11.1 Å². The van der Waals surface area contributed by atoms with Gasteiger partial charge in [-0.3, -0.25) is 9.71 Å². The van der Waals surface area contributed by atoms with Gasteiger partial charge in [0.15, 0.2) is 0 Å². The molecule has 0 aromatic heterocycles. The number of aryl methyl sites for hydroxylation is 1. The number of nitrogens with one attached hydrogen (secondary N) is 1. The molecule has 3 aromatic carbocycles. The molecule has 6 nitrogen and oxygen atoms in total. The number of aliphatic imine (C=N–C) groups is 1. The quantitative estimate of drug-likeness (QED) is 0.466. The Kier molecular flexibility index (Phi) is 6.64. The van der Waals surface area contributed by atoms with Crippen molar-refractivity contribution in [2.45, 2.75) is 24.3 Å². The number of benzene rings is 3. The Morgan fingerprint density at radius 2 is 1.50 bits per heavy atom. The summed E-state index contributed by atoms with van der Waals surface area (Å²) in [6.07, 6.45) is 0.0752. The molecule has 0 radical (unpaired) electrons. The lowest BCUT2D eigenvalue weighted by atomic mass is 10.1. The molecule has 0 saturated heterocycles. The average Bonchev–Trinajstić information content (AvgIpc) is 2.74. The summed E-state index contributed by atoms with van der Waals surface area (Å²) >= 11 is 0. The Hall–Kier alpha value is -3.45. The first kappa shape index (κ1) is 21.3. The van der Waals surface area contributed by atoms with Crippen LogP contribution in [0.2, 0.25) is 0 Å². The van der Waals surface area contributed by atoms with Crippen LogP contribution in [-0.4, -0.2) is 26.3 Å². The Morgan fingerprint density at radius 3 is 2.07 bits per heavy atom. The van der Waals surface area contributed by atoms with Gasteiger partial charge in [0.2, 0.25) is 0 Å². The van der Waals surface area contributed by atoms with Gasteiger partial charge in [0, 0.05) is 12.0 Å². The number of carboxylic acid groups (broad SMARTS) is 1. The molecule has 30 heavy (non-hydrogen) atoms. The Morgan fingerprint density at radius 1 is 0.933 bits per heavy atom. The molecule has 1 N–H and O–H groups in total. The van der Waals surface area contributed by atoms with Crippen molar-refractivity contribution >= 4 is 21.8 Å². The maximum absolute atomic E-state index is 12.9. The third kappa shape index (κ3) is 5.55. The number of hydrogen-bond acceptors (Lipinski definition) is 5. The van der Waals surface area contributed by atoms with Gasteiger partial charge >= 0.3 is 0 Å². The summed E-state index contributed by atoms with van der Waals surface area (Å²) in [5.41, 5.74) is 2.13. The fourth-order valence-electron chi connectivity index (χ4n) is 2.83. The number of carbonyl (C=O) groups is 1. The molecule has 1 unspecified atom stereocenters. The molecule has 0 amide bonds. The van der Waals surface area contributed by atoms with Crippen molar-refractivity contribution in [2.75, 3.05) is 0 Å². The first-order valence-corrected chi connectivity index (χ1v) is 10.8. The zero-order valence-electron chi connectivity index (χ0n) is 16.4. The van der Waals surface area contributed by atoms with Crippen LogP contribution < -0.4 is 9.83 Å². The zero-order chi connectivity index (χ0) is 21.6. The van der Waals surface area contributed by atoms with Gasteiger partial charge in [0.05, 0.1) is 16.9 Å². The highest BCUT2D eigenvalue weighted by Crippen LogP contribution is 2.13. The summed E-state index contributed by atoms with van der Waals surface area (Å²) in [4.78, 5) is 16.0. The molecule has 3 rings (SSSR count). The second-order valence-corrected chi connectivity index (χ2v) is 8.47.